The number of halogens is 3. The summed E-state index contributed by atoms with van der Waals surface area (Å²) < 4.78 is 36.7. The second kappa shape index (κ2) is 4.13. The molecule has 0 aliphatic heterocycles. The van der Waals surface area contributed by atoms with E-state index >= 15 is 0 Å². The van der Waals surface area contributed by atoms with Gasteiger partial charge >= 0.3 is 18.1 Å². The van der Waals surface area contributed by atoms with E-state index in [2.05, 4.69) is 0 Å². The largest absolute Gasteiger partial charge is 0.480 e. The number of carboxylic acid groups (broad SMARTS) is 1. The van der Waals surface area contributed by atoms with Gasteiger partial charge in [0.15, 0.2) is 0 Å². The van der Waals surface area contributed by atoms with Gasteiger partial charge in [0.2, 0.25) is 0 Å². The summed E-state index contributed by atoms with van der Waals surface area (Å²) in [5.74, 6) is -3.32. The molecule has 2 rings (SSSR count). The number of fused-ring (bicyclic) bond motifs is 2. The summed E-state index contributed by atoms with van der Waals surface area (Å²) in [5, 5.41) is 10.9. The van der Waals surface area contributed by atoms with E-state index in [1.165, 1.54) is 0 Å². The monoisotopic (exact) mass is 265 g/mol. The first kappa shape index (κ1) is 13.2. The van der Waals surface area contributed by atoms with Gasteiger partial charge in [-0.2, -0.15) is 13.2 Å². The topological polar surface area (TPSA) is 66.4 Å². The molecular weight excluding hydrogens is 251 g/mol. The summed E-state index contributed by atoms with van der Waals surface area (Å²) in [6.07, 6.45) is -2.32. The van der Waals surface area contributed by atoms with E-state index in [4.69, 9.17) is 0 Å². The zero-order chi connectivity index (χ0) is 13.6. The van der Waals surface area contributed by atoms with Gasteiger partial charge in [0.05, 0.1) is 0 Å². The molecule has 1 amide bonds. The standard InChI is InChI=1S/C11H14F3NO3/c12-11(13,14)8(16)15-10(9(17)18)4-6-1-2-7(3-6)5-10/h6-7H,1-5H2,(H,15,16)(H,17,18). The molecule has 2 fully saturated rings. The van der Waals surface area contributed by atoms with Gasteiger partial charge in [-0.25, -0.2) is 4.79 Å². The van der Waals surface area contributed by atoms with Crippen LogP contribution >= 0.6 is 0 Å². The molecule has 2 saturated carbocycles. The second-order valence-electron chi connectivity index (χ2n) is 5.29. The first-order valence-electron chi connectivity index (χ1n) is 5.86. The Kier molecular flexibility index (Phi) is 3.03. The highest BCUT2D eigenvalue weighted by Gasteiger charge is 2.53. The van der Waals surface area contributed by atoms with Crippen LogP contribution in [0.25, 0.3) is 0 Å². The average molecular weight is 265 g/mol. The van der Waals surface area contributed by atoms with Gasteiger partial charge < -0.3 is 10.4 Å². The zero-order valence-corrected chi connectivity index (χ0v) is 9.59. The number of carbonyl (C=O) groups is 2. The minimum Gasteiger partial charge on any atom is -0.480 e. The Morgan fingerprint density at radius 2 is 1.67 bits per heavy atom. The Hall–Kier alpha value is -1.27. The van der Waals surface area contributed by atoms with Crippen molar-refractivity contribution in [2.75, 3.05) is 0 Å². The van der Waals surface area contributed by atoms with Crippen LogP contribution < -0.4 is 5.32 Å². The lowest BCUT2D eigenvalue weighted by atomic mass is 9.75. The minimum atomic E-state index is -5.04. The number of hydrogen-bond acceptors (Lipinski definition) is 2. The van der Waals surface area contributed by atoms with Gasteiger partial charge in [-0.3, -0.25) is 4.79 Å². The molecule has 7 heteroatoms. The van der Waals surface area contributed by atoms with Crippen molar-refractivity contribution in [1.82, 2.24) is 5.32 Å². The molecule has 2 aliphatic carbocycles. The number of amides is 1. The minimum absolute atomic E-state index is 0.0979. The van der Waals surface area contributed by atoms with Crippen LogP contribution in [0.15, 0.2) is 0 Å². The lowest BCUT2D eigenvalue weighted by Gasteiger charge is -2.37. The van der Waals surface area contributed by atoms with Crippen LogP contribution in [-0.4, -0.2) is 28.7 Å². The molecule has 2 N–H and O–H groups in total. The third-order valence-corrected chi connectivity index (χ3v) is 3.94. The highest BCUT2D eigenvalue weighted by atomic mass is 19.4. The molecule has 0 aromatic carbocycles. The predicted molar refractivity (Wildman–Crippen MR) is 54.6 cm³/mol. The Labute approximate surface area is 102 Å². The van der Waals surface area contributed by atoms with Crippen molar-refractivity contribution in [2.45, 2.75) is 43.8 Å². The van der Waals surface area contributed by atoms with Crippen molar-refractivity contribution in [2.24, 2.45) is 11.8 Å². The summed E-state index contributed by atoms with van der Waals surface area (Å²) in [5.41, 5.74) is -1.74. The van der Waals surface area contributed by atoms with Gasteiger partial charge in [0, 0.05) is 0 Å². The van der Waals surface area contributed by atoms with Crippen molar-refractivity contribution in [3.05, 3.63) is 0 Å². The zero-order valence-electron chi connectivity index (χ0n) is 9.59. The lowest BCUT2D eigenvalue weighted by molar-refractivity contribution is -0.178. The molecule has 0 aromatic rings. The molecule has 0 aromatic heterocycles. The second-order valence-corrected chi connectivity index (χ2v) is 5.29. The number of nitrogens with one attached hydrogen (secondary N) is 1. The van der Waals surface area contributed by atoms with Crippen LogP contribution in [-0.2, 0) is 9.59 Å². The summed E-state index contributed by atoms with van der Waals surface area (Å²) in [7, 11) is 0. The van der Waals surface area contributed by atoms with Gasteiger partial charge in [0.1, 0.15) is 5.54 Å². The Bertz CT molecular complexity index is 368. The molecular formula is C11H14F3NO3. The summed E-state index contributed by atoms with van der Waals surface area (Å²) in [6, 6.07) is 0. The van der Waals surface area contributed by atoms with Crippen molar-refractivity contribution in [3.63, 3.8) is 0 Å². The van der Waals surface area contributed by atoms with Gasteiger partial charge in [-0.1, -0.05) is 12.8 Å². The fourth-order valence-corrected chi connectivity index (χ4v) is 3.24. The summed E-state index contributed by atoms with van der Waals surface area (Å²) in [4.78, 5) is 22.3. The summed E-state index contributed by atoms with van der Waals surface area (Å²) in [6.45, 7) is 0. The summed E-state index contributed by atoms with van der Waals surface area (Å²) >= 11 is 0. The van der Waals surface area contributed by atoms with Crippen LogP contribution in [0.5, 0.6) is 0 Å². The maximum Gasteiger partial charge on any atom is 0.471 e. The van der Waals surface area contributed by atoms with Crippen LogP contribution in [0.4, 0.5) is 13.2 Å². The van der Waals surface area contributed by atoms with Gasteiger partial charge in [0.25, 0.3) is 0 Å². The molecule has 0 radical (unpaired) electrons. The van der Waals surface area contributed by atoms with Crippen molar-refractivity contribution >= 4 is 11.9 Å². The highest BCUT2D eigenvalue weighted by Crippen LogP contribution is 2.46. The van der Waals surface area contributed by atoms with Crippen LogP contribution in [0, 0.1) is 11.8 Å². The molecule has 2 aliphatic rings. The third kappa shape index (κ3) is 2.30. The average Bonchev–Trinajstić information content (AvgIpc) is 2.57. The molecule has 2 bridgehead atoms. The Morgan fingerprint density at radius 1 is 1.17 bits per heavy atom. The van der Waals surface area contributed by atoms with Crippen molar-refractivity contribution < 1.29 is 27.9 Å². The quantitative estimate of drug-likeness (QED) is 0.798. The number of carbonyl (C=O) groups excluding carboxylic acids is 1. The molecule has 2 unspecified atom stereocenters. The Balaban J connectivity index is 2.18. The number of aliphatic carboxylic acids is 1. The first-order valence-corrected chi connectivity index (χ1v) is 5.86. The van der Waals surface area contributed by atoms with E-state index < -0.39 is 23.6 Å². The molecule has 18 heavy (non-hydrogen) atoms. The number of rotatable bonds is 2. The van der Waals surface area contributed by atoms with Crippen molar-refractivity contribution in [1.29, 1.82) is 0 Å². The maximum absolute atomic E-state index is 12.2. The first-order chi connectivity index (χ1) is 8.23. The molecule has 0 spiro atoms. The van der Waals surface area contributed by atoms with Gasteiger partial charge in [-0.05, 0) is 31.1 Å². The van der Waals surface area contributed by atoms with E-state index in [9.17, 15) is 27.9 Å². The van der Waals surface area contributed by atoms with E-state index in [1.807, 2.05) is 0 Å². The van der Waals surface area contributed by atoms with Gasteiger partial charge in [-0.15, -0.1) is 0 Å². The smallest absolute Gasteiger partial charge is 0.471 e. The van der Waals surface area contributed by atoms with E-state index in [0.717, 1.165) is 19.3 Å². The molecule has 102 valence electrons. The third-order valence-electron chi connectivity index (χ3n) is 3.94. The van der Waals surface area contributed by atoms with Crippen LogP contribution in [0.1, 0.15) is 32.1 Å². The van der Waals surface area contributed by atoms with Crippen LogP contribution in [0.2, 0.25) is 0 Å². The Morgan fingerprint density at radius 3 is 2.06 bits per heavy atom. The van der Waals surface area contributed by atoms with Crippen molar-refractivity contribution in [3.8, 4) is 0 Å². The van der Waals surface area contributed by atoms with E-state index in [-0.39, 0.29) is 24.7 Å². The molecule has 0 heterocycles. The number of carboxylic acids is 1. The molecule has 2 atom stereocenters. The highest BCUT2D eigenvalue weighted by molar-refractivity contribution is 5.89. The number of hydrogen-bond donors (Lipinski definition) is 2. The molecule has 4 nitrogen and oxygen atoms in total. The lowest BCUT2D eigenvalue weighted by Crippen LogP contribution is -2.60. The van der Waals surface area contributed by atoms with E-state index in [0.29, 0.717) is 0 Å². The number of alkyl halides is 3. The SMILES string of the molecule is O=C(NC1(C(=O)O)CC2CCC(C2)C1)C(F)(F)F. The fraction of sp³-hybridized carbons (Fsp3) is 0.818. The maximum atomic E-state index is 12.2. The normalized spacial score (nSPS) is 35.3. The van der Waals surface area contributed by atoms with E-state index in [1.54, 1.807) is 5.32 Å². The predicted octanol–water partition coefficient (Wildman–Crippen LogP) is 1.70. The fourth-order valence-electron chi connectivity index (χ4n) is 3.24. The molecule has 0 saturated heterocycles. The van der Waals surface area contributed by atoms with Crippen LogP contribution in [0.3, 0.4) is 0 Å².